The summed E-state index contributed by atoms with van der Waals surface area (Å²) in [6.45, 7) is 0. The fourth-order valence-corrected chi connectivity index (χ4v) is 3.84. The first-order valence-corrected chi connectivity index (χ1v) is 10.1. The number of likely N-dealkylation sites (N-methyl/N-ethyl adjacent to an activating group) is 2. The summed E-state index contributed by atoms with van der Waals surface area (Å²) in [4.78, 5) is 25.0. The Balaban J connectivity index is 1.62. The highest BCUT2D eigenvalue weighted by Gasteiger charge is 2.45. The van der Waals surface area contributed by atoms with Gasteiger partial charge in [0.2, 0.25) is 21.9 Å². The number of amides is 1. The molecule has 0 bridgehead atoms. The number of sulfonamides is 1. The van der Waals surface area contributed by atoms with Gasteiger partial charge in [-0.2, -0.15) is 4.98 Å². The Morgan fingerprint density at radius 1 is 1.19 bits per heavy atom. The third-order valence-electron chi connectivity index (χ3n) is 4.95. The lowest BCUT2D eigenvalue weighted by molar-refractivity contribution is -0.120. The summed E-state index contributed by atoms with van der Waals surface area (Å²) in [5.41, 5.74) is 1.29. The second-order valence-corrected chi connectivity index (χ2v) is 8.45. The van der Waals surface area contributed by atoms with Gasteiger partial charge in [-0.15, -0.1) is 0 Å². The van der Waals surface area contributed by atoms with Crippen molar-refractivity contribution in [3.8, 4) is 0 Å². The highest BCUT2D eigenvalue weighted by Crippen LogP contribution is 2.42. The van der Waals surface area contributed by atoms with Gasteiger partial charge in [-0.3, -0.25) is 4.79 Å². The number of hydrogen-bond donors (Lipinski definition) is 2. The lowest BCUT2D eigenvalue weighted by Crippen LogP contribution is -2.52. The van der Waals surface area contributed by atoms with E-state index in [4.69, 9.17) is 5.14 Å². The van der Waals surface area contributed by atoms with Crippen molar-refractivity contribution in [3.05, 3.63) is 30.5 Å². The zero-order chi connectivity index (χ0) is 19.3. The molecule has 2 aliphatic rings. The molecule has 1 aliphatic heterocycles. The average Bonchev–Trinajstić information content (AvgIpc) is 3.45. The van der Waals surface area contributed by atoms with E-state index in [1.165, 1.54) is 12.1 Å². The van der Waals surface area contributed by atoms with Crippen molar-refractivity contribution in [2.45, 2.75) is 23.8 Å². The van der Waals surface area contributed by atoms with Gasteiger partial charge in [0.1, 0.15) is 11.7 Å². The van der Waals surface area contributed by atoms with Crippen molar-refractivity contribution in [1.29, 1.82) is 0 Å². The second kappa shape index (κ2) is 6.17. The molecular formula is C17H20N6O3S. The Kier molecular flexibility index (Phi) is 4.04. The van der Waals surface area contributed by atoms with Gasteiger partial charge in [0.15, 0.2) is 5.82 Å². The van der Waals surface area contributed by atoms with E-state index < -0.39 is 10.0 Å². The lowest BCUT2D eigenvalue weighted by atomic mass is 10.1. The summed E-state index contributed by atoms with van der Waals surface area (Å²) in [5.74, 6) is 1.49. The number of carbonyl (C=O) groups excluding carboxylic acids is 1. The van der Waals surface area contributed by atoms with Crippen LogP contribution in [0.4, 0.5) is 23.1 Å². The topological polar surface area (TPSA) is 122 Å². The van der Waals surface area contributed by atoms with E-state index >= 15 is 0 Å². The molecule has 3 N–H and O–H groups in total. The third-order valence-corrected chi connectivity index (χ3v) is 5.88. The normalized spacial score (nSPS) is 19.8. The maximum absolute atomic E-state index is 12.6. The van der Waals surface area contributed by atoms with E-state index in [0.29, 0.717) is 29.1 Å². The summed E-state index contributed by atoms with van der Waals surface area (Å²) < 4.78 is 22.7. The lowest BCUT2D eigenvalue weighted by Gasteiger charge is -2.38. The fraction of sp³-hybridized carbons (Fsp3) is 0.353. The number of nitrogens with one attached hydrogen (secondary N) is 1. The maximum Gasteiger partial charge on any atom is 0.249 e. The van der Waals surface area contributed by atoms with E-state index in [1.54, 1.807) is 30.3 Å². The van der Waals surface area contributed by atoms with Crippen molar-refractivity contribution >= 4 is 39.1 Å². The van der Waals surface area contributed by atoms with Crippen molar-refractivity contribution in [3.63, 3.8) is 0 Å². The van der Waals surface area contributed by atoms with Crippen molar-refractivity contribution in [2.75, 3.05) is 29.2 Å². The number of rotatable bonds is 4. The molecule has 1 saturated carbocycles. The van der Waals surface area contributed by atoms with E-state index in [1.807, 2.05) is 11.9 Å². The molecule has 1 aromatic carbocycles. The van der Waals surface area contributed by atoms with Crippen LogP contribution in [-0.2, 0) is 14.8 Å². The number of primary sulfonamides is 1. The number of anilines is 4. The largest absolute Gasteiger partial charge is 0.345 e. The minimum absolute atomic E-state index is 0.0338. The summed E-state index contributed by atoms with van der Waals surface area (Å²) in [7, 11) is -0.113. The Labute approximate surface area is 157 Å². The average molecular weight is 388 g/mol. The van der Waals surface area contributed by atoms with Gasteiger partial charge < -0.3 is 15.1 Å². The standard InChI is InChI=1S/C17H20N6O3S/c1-22-13-9-19-17(20-11-5-7-12(8-6-11)27(18,25)26)21-15(13)23(2)14(16(22)24)10-3-4-10/h5-10,14H,3-4H2,1-2H3,(H2,18,25,26)(H,19,20,21). The first kappa shape index (κ1) is 17.7. The molecule has 27 heavy (non-hydrogen) atoms. The smallest absolute Gasteiger partial charge is 0.249 e. The van der Waals surface area contributed by atoms with E-state index in [-0.39, 0.29) is 16.8 Å². The zero-order valence-electron chi connectivity index (χ0n) is 15.0. The number of hydrogen-bond acceptors (Lipinski definition) is 7. The molecule has 1 amide bonds. The summed E-state index contributed by atoms with van der Waals surface area (Å²) in [6, 6.07) is 5.82. The Hall–Kier alpha value is -2.72. The Bertz CT molecular complexity index is 1000. The van der Waals surface area contributed by atoms with Gasteiger partial charge in [0.05, 0.1) is 11.1 Å². The SMILES string of the molecule is CN1C(=O)C(C2CC2)N(C)c2nc(Nc3ccc(S(N)(=O)=O)cc3)ncc21. The van der Waals surface area contributed by atoms with Crippen LogP contribution < -0.4 is 20.3 Å². The zero-order valence-corrected chi connectivity index (χ0v) is 15.8. The number of fused-ring (bicyclic) bond motifs is 1. The summed E-state index contributed by atoms with van der Waals surface area (Å²) in [5, 5.41) is 8.16. The summed E-state index contributed by atoms with van der Waals surface area (Å²) >= 11 is 0. The van der Waals surface area contributed by atoms with Crippen LogP contribution in [0.3, 0.4) is 0 Å². The fourth-order valence-electron chi connectivity index (χ4n) is 3.32. The predicted molar refractivity (Wildman–Crippen MR) is 101 cm³/mol. The molecule has 2 aromatic rings. The molecule has 1 aromatic heterocycles. The predicted octanol–water partition coefficient (Wildman–Crippen LogP) is 1.06. The van der Waals surface area contributed by atoms with Crippen LogP contribution in [0.1, 0.15) is 12.8 Å². The highest BCUT2D eigenvalue weighted by molar-refractivity contribution is 7.89. The molecule has 2 heterocycles. The molecule has 0 radical (unpaired) electrons. The number of nitrogens with zero attached hydrogens (tertiary/aromatic N) is 4. The van der Waals surface area contributed by atoms with E-state index in [9.17, 15) is 13.2 Å². The molecule has 1 fully saturated rings. The van der Waals surface area contributed by atoms with Crippen molar-refractivity contribution in [2.24, 2.45) is 11.1 Å². The Morgan fingerprint density at radius 3 is 2.44 bits per heavy atom. The van der Waals surface area contributed by atoms with Gasteiger partial charge in [-0.05, 0) is 43.0 Å². The van der Waals surface area contributed by atoms with Gasteiger partial charge in [0.25, 0.3) is 0 Å². The molecule has 142 valence electrons. The van der Waals surface area contributed by atoms with E-state index in [0.717, 1.165) is 12.8 Å². The first-order chi connectivity index (χ1) is 12.8. The molecular weight excluding hydrogens is 368 g/mol. The third kappa shape index (κ3) is 3.21. The molecule has 9 nitrogen and oxygen atoms in total. The number of carbonyl (C=O) groups is 1. The van der Waals surface area contributed by atoms with Crippen LogP contribution in [0.15, 0.2) is 35.4 Å². The van der Waals surface area contributed by atoms with Gasteiger partial charge in [0, 0.05) is 19.8 Å². The maximum atomic E-state index is 12.6. The van der Waals surface area contributed by atoms with Crippen molar-refractivity contribution in [1.82, 2.24) is 9.97 Å². The minimum Gasteiger partial charge on any atom is -0.345 e. The molecule has 1 unspecified atom stereocenters. The Morgan fingerprint density at radius 2 is 1.85 bits per heavy atom. The molecule has 4 rings (SSSR count). The van der Waals surface area contributed by atoms with Gasteiger partial charge in [-0.1, -0.05) is 0 Å². The molecule has 10 heteroatoms. The summed E-state index contributed by atoms with van der Waals surface area (Å²) in [6.07, 6.45) is 3.72. The molecule has 0 spiro atoms. The second-order valence-electron chi connectivity index (χ2n) is 6.89. The minimum atomic E-state index is -3.73. The van der Waals surface area contributed by atoms with Crippen LogP contribution >= 0.6 is 0 Å². The number of nitrogens with two attached hydrogens (primary N) is 1. The highest BCUT2D eigenvalue weighted by atomic mass is 32.2. The van der Waals surface area contributed by atoms with Crippen LogP contribution in [0.25, 0.3) is 0 Å². The van der Waals surface area contributed by atoms with Crippen LogP contribution in [0.5, 0.6) is 0 Å². The molecule has 0 saturated heterocycles. The quantitative estimate of drug-likeness (QED) is 0.803. The van der Waals surface area contributed by atoms with Crippen molar-refractivity contribution < 1.29 is 13.2 Å². The van der Waals surface area contributed by atoms with Crippen LogP contribution in [-0.4, -0.2) is 44.4 Å². The number of aromatic nitrogens is 2. The van der Waals surface area contributed by atoms with Crippen LogP contribution in [0, 0.1) is 5.92 Å². The number of benzene rings is 1. The molecule has 1 atom stereocenters. The molecule has 1 aliphatic carbocycles. The van der Waals surface area contributed by atoms with Gasteiger partial charge in [-0.25, -0.2) is 18.5 Å². The van der Waals surface area contributed by atoms with Crippen LogP contribution in [0.2, 0.25) is 0 Å². The van der Waals surface area contributed by atoms with E-state index in [2.05, 4.69) is 15.3 Å². The first-order valence-electron chi connectivity index (χ1n) is 8.53. The van der Waals surface area contributed by atoms with Gasteiger partial charge >= 0.3 is 0 Å². The monoisotopic (exact) mass is 388 g/mol.